The molecule has 44 heavy (non-hydrogen) atoms. The fourth-order valence-corrected chi connectivity index (χ4v) is 8.96. The van der Waals surface area contributed by atoms with Gasteiger partial charge in [-0.05, 0) is 61.1 Å². The molecule has 3 aliphatic rings. The molecule has 8 nitrogen and oxygen atoms in total. The predicted octanol–water partition coefficient (Wildman–Crippen LogP) is 6.24. The Labute approximate surface area is 269 Å². The van der Waals surface area contributed by atoms with Crippen LogP contribution in [0.1, 0.15) is 32.7 Å². The van der Waals surface area contributed by atoms with E-state index in [0.29, 0.717) is 27.8 Å². The van der Waals surface area contributed by atoms with Crippen LogP contribution in [0.3, 0.4) is 0 Å². The van der Waals surface area contributed by atoms with Crippen molar-refractivity contribution in [2.75, 3.05) is 11.5 Å². The van der Waals surface area contributed by atoms with Crippen molar-refractivity contribution >= 4 is 72.0 Å². The second kappa shape index (κ2) is 10.9. The van der Waals surface area contributed by atoms with E-state index in [1.807, 2.05) is 19.1 Å². The van der Waals surface area contributed by atoms with Crippen LogP contribution in [0.25, 0.3) is 22.2 Å². The summed E-state index contributed by atoms with van der Waals surface area (Å²) in [6, 6.07) is 20.2. The number of carbonyl (C=O) groups is 4. The number of aryl methyl sites for hydroxylation is 1. The first-order valence-electron chi connectivity index (χ1n) is 14.3. The Kier molecular flexibility index (Phi) is 7.16. The lowest BCUT2D eigenvalue weighted by molar-refractivity contribution is -0.123. The summed E-state index contributed by atoms with van der Waals surface area (Å²) in [6.07, 6.45) is 0.867. The molecule has 10 heteroatoms. The largest absolute Gasteiger partial charge is 0.507 e. The molecule has 0 spiro atoms. The number of aromatic hydroxyl groups is 1. The number of Topliss-reactive ketones (excluding diaryl/α,β-unsaturated/α-hetero) is 1. The van der Waals surface area contributed by atoms with E-state index in [-0.39, 0.29) is 62.0 Å². The number of ketones is 1. The number of halogens is 2. The van der Waals surface area contributed by atoms with Crippen LogP contribution in [0.2, 0.25) is 0 Å². The summed E-state index contributed by atoms with van der Waals surface area (Å²) in [4.78, 5) is 59.4. The van der Waals surface area contributed by atoms with Crippen LogP contribution in [-0.2, 0) is 14.3 Å². The van der Waals surface area contributed by atoms with Crippen molar-refractivity contribution in [3.63, 3.8) is 0 Å². The van der Waals surface area contributed by atoms with Gasteiger partial charge >= 0.3 is 5.97 Å². The number of hydrogen-bond donors (Lipinski definition) is 1. The van der Waals surface area contributed by atoms with Crippen LogP contribution in [-0.4, -0.2) is 49.9 Å². The first kappa shape index (κ1) is 28.9. The van der Waals surface area contributed by atoms with Gasteiger partial charge in [0.05, 0.1) is 39.9 Å². The number of phenolic OH excluding ortho intramolecular Hbond substituents is 1. The maximum absolute atomic E-state index is 13.5. The van der Waals surface area contributed by atoms with E-state index >= 15 is 0 Å². The summed E-state index contributed by atoms with van der Waals surface area (Å²) in [6.45, 7) is 1.35. The highest BCUT2D eigenvalue weighted by atomic mass is 79.9. The quantitative estimate of drug-likeness (QED) is 0.109. The van der Waals surface area contributed by atoms with Crippen LogP contribution in [0.4, 0.5) is 5.69 Å². The lowest BCUT2D eigenvalue weighted by atomic mass is 9.81. The zero-order chi connectivity index (χ0) is 30.9. The SMILES string of the molecule is Cc1cccc2c(C(=O)OCC(=O)c3ccccc3O)cc(-c3ccc(N4C(=O)C5C6CC(C(Br)C6Br)C5C4=O)cc3)nc12. The van der Waals surface area contributed by atoms with Crippen LogP contribution in [0.5, 0.6) is 5.75 Å². The second-order valence-corrected chi connectivity index (χ2v) is 13.7. The number of fused-ring (bicyclic) bond motifs is 6. The van der Waals surface area contributed by atoms with Gasteiger partial charge in [-0.3, -0.25) is 19.3 Å². The van der Waals surface area contributed by atoms with Gasteiger partial charge in [0.2, 0.25) is 17.6 Å². The third-order valence-electron chi connectivity index (χ3n) is 9.21. The molecule has 6 atom stereocenters. The maximum Gasteiger partial charge on any atom is 0.339 e. The average Bonchev–Trinajstić information content (AvgIpc) is 3.64. The Morgan fingerprint density at radius 3 is 2.23 bits per heavy atom. The Hall–Kier alpha value is -3.89. The Bertz CT molecular complexity index is 1840. The van der Waals surface area contributed by atoms with Gasteiger partial charge in [0, 0.05) is 20.6 Å². The average molecular weight is 718 g/mol. The normalized spacial score (nSPS) is 25.5. The molecule has 7 rings (SSSR count). The molecule has 1 aliphatic heterocycles. The molecule has 4 aromatic rings. The van der Waals surface area contributed by atoms with Crippen LogP contribution < -0.4 is 4.90 Å². The molecule has 3 aromatic carbocycles. The summed E-state index contributed by atoms with van der Waals surface area (Å²) < 4.78 is 5.41. The molecule has 6 unspecified atom stereocenters. The number of aromatic nitrogens is 1. The molecule has 0 radical (unpaired) electrons. The summed E-state index contributed by atoms with van der Waals surface area (Å²) in [5, 5.41) is 10.6. The van der Waals surface area contributed by atoms with E-state index in [9.17, 15) is 24.3 Å². The maximum atomic E-state index is 13.5. The van der Waals surface area contributed by atoms with Crippen molar-refractivity contribution in [2.24, 2.45) is 23.7 Å². The molecule has 2 heterocycles. The molecule has 2 amide bonds. The van der Waals surface area contributed by atoms with E-state index in [2.05, 4.69) is 31.9 Å². The van der Waals surface area contributed by atoms with Crippen molar-refractivity contribution < 1.29 is 29.0 Å². The zero-order valence-corrected chi connectivity index (χ0v) is 26.6. The molecule has 1 N–H and O–H groups in total. The Morgan fingerprint density at radius 1 is 0.909 bits per heavy atom. The Morgan fingerprint density at radius 2 is 1.57 bits per heavy atom. The van der Waals surface area contributed by atoms with Crippen LogP contribution in [0.15, 0.2) is 72.8 Å². The van der Waals surface area contributed by atoms with Crippen LogP contribution in [0, 0.1) is 30.6 Å². The molecule has 2 aliphatic carbocycles. The topological polar surface area (TPSA) is 114 Å². The van der Waals surface area contributed by atoms with Gasteiger partial charge in [0.25, 0.3) is 0 Å². The minimum atomic E-state index is -0.700. The summed E-state index contributed by atoms with van der Waals surface area (Å²) in [7, 11) is 0. The molecule has 2 bridgehead atoms. The number of para-hydroxylation sites is 2. The lowest BCUT2D eigenvalue weighted by Gasteiger charge is -2.28. The minimum Gasteiger partial charge on any atom is -0.507 e. The number of amides is 2. The number of hydrogen-bond acceptors (Lipinski definition) is 7. The summed E-state index contributed by atoms with van der Waals surface area (Å²) in [5.74, 6) is -2.05. The molecule has 222 valence electrons. The first-order chi connectivity index (χ1) is 21.2. The number of ether oxygens (including phenoxy) is 1. The number of anilines is 1. The van der Waals surface area contributed by atoms with E-state index in [1.165, 1.54) is 17.0 Å². The second-order valence-electron chi connectivity index (χ2n) is 11.6. The number of imide groups is 1. The highest BCUT2D eigenvalue weighted by Crippen LogP contribution is 2.60. The van der Waals surface area contributed by atoms with Gasteiger partial charge in [-0.2, -0.15) is 0 Å². The molecule has 2 saturated carbocycles. The highest BCUT2D eigenvalue weighted by Gasteiger charge is 2.66. The van der Waals surface area contributed by atoms with Crippen molar-refractivity contribution in [3.05, 3.63) is 89.5 Å². The van der Waals surface area contributed by atoms with Crippen molar-refractivity contribution in [1.29, 1.82) is 0 Å². The fourth-order valence-electron chi connectivity index (χ4n) is 7.09. The van der Waals surface area contributed by atoms with E-state index in [4.69, 9.17) is 9.72 Å². The molecule has 3 fully saturated rings. The smallest absolute Gasteiger partial charge is 0.339 e. The highest BCUT2D eigenvalue weighted by molar-refractivity contribution is 9.12. The number of pyridine rings is 1. The molecule has 1 aromatic heterocycles. The number of rotatable bonds is 6. The van der Waals surface area contributed by atoms with Gasteiger partial charge in [0.1, 0.15) is 5.75 Å². The number of alkyl halides is 2. The van der Waals surface area contributed by atoms with E-state index in [0.717, 1.165) is 12.0 Å². The number of nitrogens with zero attached hydrogens (tertiary/aromatic N) is 2. The molecule has 1 saturated heterocycles. The van der Waals surface area contributed by atoms with Crippen LogP contribution >= 0.6 is 31.9 Å². The van der Waals surface area contributed by atoms with Crippen molar-refractivity contribution in [1.82, 2.24) is 4.98 Å². The predicted molar refractivity (Wildman–Crippen MR) is 171 cm³/mol. The first-order valence-corrected chi connectivity index (χ1v) is 16.1. The molecular weight excluding hydrogens is 692 g/mol. The number of phenols is 1. The van der Waals surface area contributed by atoms with Gasteiger partial charge in [-0.25, -0.2) is 9.78 Å². The number of carbonyl (C=O) groups excluding carboxylic acids is 4. The molecular formula is C34H26Br2N2O6. The van der Waals surface area contributed by atoms with Gasteiger partial charge in [-0.15, -0.1) is 0 Å². The zero-order valence-electron chi connectivity index (χ0n) is 23.4. The third kappa shape index (κ3) is 4.49. The minimum absolute atomic E-state index is 0.0711. The summed E-state index contributed by atoms with van der Waals surface area (Å²) in [5.41, 5.74) is 3.45. The Balaban J connectivity index is 1.17. The fraction of sp³-hybridized carbons (Fsp3) is 0.265. The monoisotopic (exact) mass is 716 g/mol. The van der Waals surface area contributed by atoms with E-state index < -0.39 is 18.4 Å². The summed E-state index contributed by atoms with van der Waals surface area (Å²) >= 11 is 7.46. The van der Waals surface area contributed by atoms with Gasteiger partial charge in [0.15, 0.2) is 6.61 Å². The number of esters is 1. The van der Waals surface area contributed by atoms with Crippen molar-refractivity contribution in [2.45, 2.75) is 23.0 Å². The van der Waals surface area contributed by atoms with Gasteiger partial charge in [-0.1, -0.05) is 74.3 Å². The third-order valence-corrected chi connectivity index (χ3v) is 12.4. The van der Waals surface area contributed by atoms with Crippen molar-refractivity contribution in [3.8, 4) is 17.0 Å². The van der Waals surface area contributed by atoms with Gasteiger partial charge < -0.3 is 9.84 Å². The van der Waals surface area contributed by atoms with E-state index in [1.54, 1.807) is 48.5 Å². The lowest BCUT2D eigenvalue weighted by Crippen LogP contribution is -2.37. The number of benzene rings is 3. The standard InChI is InChI=1S/C34H26Br2N2O6/c1-16-5-4-7-19-21(34(43)44-15-26(40)20-6-2-3-8-25(20)39)14-24(37-31(16)19)17-9-11-18(12-10-17)38-32(41)27-22-13-23(28(27)33(38)42)30(36)29(22)35/h2-12,14,22-23,27-30,39H,13,15H2,1H3.